The summed E-state index contributed by atoms with van der Waals surface area (Å²) in [7, 11) is 0. The van der Waals surface area contributed by atoms with E-state index in [0.717, 1.165) is 12.2 Å². The van der Waals surface area contributed by atoms with Crippen LogP contribution in [0.1, 0.15) is 26.3 Å². The molecule has 1 aromatic rings. The van der Waals surface area contributed by atoms with Crippen LogP contribution in [-0.4, -0.2) is 18.0 Å². The maximum absolute atomic E-state index is 12.1. The third kappa shape index (κ3) is 1.55. The molecule has 0 aromatic heterocycles. The number of rotatable bonds is 1. The molecule has 0 saturated carbocycles. The summed E-state index contributed by atoms with van der Waals surface area (Å²) in [5.74, 6) is -0.0745. The zero-order valence-electron chi connectivity index (χ0n) is 10.2. The number of amides is 1. The number of carbonyl (C=O) groups excluding carboxylic acids is 1. The van der Waals surface area contributed by atoms with E-state index in [1.165, 1.54) is 0 Å². The molecule has 0 bridgehead atoms. The van der Waals surface area contributed by atoms with Crippen LogP contribution in [-0.2, 0) is 4.79 Å². The van der Waals surface area contributed by atoms with Gasteiger partial charge in [0.15, 0.2) is 0 Å². The van der Waals surface area contributed by atoms with Gasteiger partial charge in [-0.15, -0.1) is 0 Å². The van der Waals surface area contributed by atoms with Crippen LogP contribution in [0.3, 0.4) is 0 Å². The second-order valence-electron chi connectivity index (χ2n) is 4.57. The first-order chi connectivity index (χ1) is 8.02. The van der Waals surface area contributed by atoms with Crippen molar-refractivity contribution in [1.29, 1.82) is 5.26 Å². The van der Waals surface area contributed by atoms with E-state index in [4.69, 9.17) is 5.26 Å². The molecule has 4 heteroatoms. The van der Waals surface area contributed by atoms with Crippen LogP contribution in [0.5, 0.6) is 0 Å². The molecule has 0 radical (unpaired) electrons. The predicted octanol–water partition coefficient (Wildman–Crippen LogP) is 2.12. The molecule has 1 aliphatic rings. The summed E-state index contributed by atoms with van der Waals surface area (Å²) >= 11 is 0. The number of fused-ring (bicyclic) bond motifs is 1. The number of nitriles is 1. The number of para-hydroxylation sites is 1. The van der Waals surface area contributed by atoms with Crippen molar-refractivity contribution in [1.82, 2.24) is 0 Å². The molecule has 4 nitrogen and oxygen atoms in total. The van der Waals surface area contributed by atoms with Crippen LogP contribution in [0.15, 0.2) is 18.2 Å². The zero-order chi connectivity index (χ0) is 12.6. The Kier molecular flexibility index (Phi) is 2.55. The van der Waals surface area contributed by atoms with Crippen molar-refractivity contribution in [2.45, 2.75) is 26.3 Å². The van der Waals surface area contributed by atoms with E-state index < -0.39 is 5.54 Å². The van der Waals surface area contributed by atoms with E-state index in [0.29, 0.717) is 11.3 Å². The Morgan fingerprint density at radius 2 is 2.18 bits per heavy atom. The number of anilines is 2. The van der Waals surface area contributed by atoms with Crippen molar-refractivity contribution in [2.75, 3.05) is 16.8 Å². The molecule has 0 atom stereocenters. The summed E-state index contributed by atoms with van der Waals surface area (Å²) in [4.78, 5) is 14.1. The molecule has 1 aromatic carbocycles. The highest BCUT2D eigenvalue weighted by molar-refractivity contribution is 6.07. The second-order valence-corrected chi connectivity index (χ2v) is 4.57. The van der Waals surface area contributed by atoms with Gasteiger partial charge < -0.3 is 10.2 Å². The normalized spacial score (nSPS) is 17.1. The van der Waals surface area contributed by atoms with Crippen molar-refractivity contribution in [3.8, 4) is 6.07 Å². The van der Waals surface area contributed by atoms with Crippen molar-refractivity contribution in [3.63, 3.8) is 0 Å². The van der Waals surface area contributed by atoms with Gasteiger partial charge in [0.1, 0.15) is 11.6 Å². The van der Waals surface area contributed by atoms with Gasteiger partial charge in [-0.05, 0) is 32.9 Å². The van der Waals surface area contributed by atoms with Gasteiger partial charge >= 0.3 is 0 Å². The van der Waals surface area contributed by atoms with E-state index in [9.17, 15) is 4.79 Å². The molecule has 1 aliphatic heterocycles. The molecule has 0 saturated heterocycles. The van der Waals surface area contributed by atoms with Crippen molar-refractivity contribution in [2.24, 2.45) is 0 Å². The SMILES string of the molecule is CCN1c2cccc(C#N)c2NC(=O)C1(C)C. The first-order valence-electron chi connectivity index (χ1n) is 5.64. The first-order valence-corrected chi connectivity index (χ1v) is 5.64. The number of hydrogen-bond donors (Lipinski definition) is 1. The molecular formula is C13H15N3O. The fourth-order valence-corrected chi connectivity index (χ4v) is 2.25. The minimum Gasteiger partial charge on any atom is -0.356 e. The molecule has 1 N–H and O–H groups in total. The van der Waals surface area contributed by atoms with Crippen LogP contribution in [0, 0.1) is 11.3 Å². The molecule has 17 heavy (non-hydrogen) atoms. The molecule has 2 rings (SSSR count). The Morgan fingerprint density at radius 3 is 2.76 bits per heavy atom. The van der Waals surface area contributed by atoms with Crippen LogP contribution >= 0.6 is 0 Å². The lowest BCUT2D eigenvalue weighted by Gasteiger charge is -2.43. The van der Waals surface area contributed by atoms with Gasteiger partial charge in [0.25, 0.3) is 0 Å². The van der Waals surface area contributed by atoms with Crippen LogP contribution in [0.4, 0.5) is 11.4 Å². The molecule has 0 fully saturated rings. The first kappa shape index (κ1) is 11.5. The van der Waals surface area contributed by atoms with Gasteiger partial charge in [-0.1, -0.05) is 6.07 Å². The third-order valence-corrected chi connectivity index (χ3v) is 3.24. The Morgan fingerprint density at radius 1 is 1.47 bits per heavy atom. The topological polar surface area (TPSA) is 56.1 Å². The van der Waals surface area contributed by atoms with Crippen molar-refractivity contribution >= 4 is 17.3 Å². The van der Waals surface area contributed by atoms with Crippen molar-refractivity contribution in [3.05, 3.63) is 23.8 Å². The van der Waals surface area contributed by atoms with Gasteiger partial charge in [-0.25, -0.2) is 0 Å². The van der Waals surface area contributed by atoms with Gasteiger partial charge in [0, 0.05) is 6.54 Å². The largest absolute Gasteiger partial charge is 0.356 e. The maximum atomic E-state index is 12.1. The van der Waals surface area contributed by atoms with E-state index in [-0.39, 0.29) is 5.91 Å². The number of likely N-dealkylation sites (N-methyl/N-ethyl adjacent to an activating group) is 1. The highest BCUT2D eigenvalue weighted by Crippen LogP contribution is 2.38. The predicted molar refractivity (Wildman–Crippen MR) is 66.9 cm³/mol. The van der Waals surface area contributed by atoms with Gasteiger partial charge in [0.2, 0.25) is 5.91 Å². The lowest BCUT2D eigenvalue weighted by Crippen LogP contribution is -2.56. The van der Waals surface area contributed by atoms with E-state index in [1.807, 2.05) is 37.8 Å². The summed E-state index contributed by atoms with van der Waals surface area (Å²) < 4.78 is 0. The van der Waals surface area contributed by atoms with Crippen LogP contribution in [0.2, 0.25) is 0 Å². The summed E-state index contributed by atoms with van der Waals surface area (Å²) in [6.45, 7) is 6.49. The molecule has 88 valence electrons. The number of hydrogen-bond acceptors (Lipinski definition) is 3. The molecule has 1 heterocycles. The van der Waals surface area contributed by atoms with E-state index in [2.05, 4.69) is 11.4 Å². The second kappa shape index (κ2) is 3.77. The fourth-order valence-electron chi connectivity index (χ4n) is 2.25. The number of nitrogens with zero attached hydrogens (tertiary/aromatic N) is 2. The van der Waals surface area contributed by atoms with Crippen LogP contribution < -0.4 is 10.2 Å². The molecule has 0 unspecified atom stereocenters. The highest BCUT2D eigenvalue weighted by atomic mass is 16.2. The third-order valence-electron chi connectivity index (χ3n) is 3.24. The monoisotopic (exact) mass is 229 g/mol. The average Bonchev–Trinajstić information content (AvgIpc) is 2.30. The maximum Gasteiger partial charge on any atom is 0.249 e. The Labute approximate surface area is 101 Å². The standard InChI is InChI=1S/C13H15N3O/c1-4-16-10-7-5-6-9(8-14)11(10)15-12(17)13(16,2)3/h5-7H,4H2,1-3H3,(H,15,17). The van der Waals surface area contributed by atoms with E-state index >= 15 is 0 Å². The minimum absolute atomic E-state index is 0.0745. The van der Waals surface area contributed by atoms with Crippen LogP contribution in [0.25, 0.3) is 0 Å². The summed E-state index contributed by atoms with van der Waals surface area (Å²) in [5.41, 5.74) is 1.46. The van der Waals surface area contributed by atoms with Gasteiger partial charge in [0.05, 0.1) is 16.9 Å². The summed E-state index contributed by atoms with van der Waals surface area (Å²) in [6.07, 6.45) is 0. The number of benzene rings is 1. The smallest absolute Gasteiger partial charge is 0.249 e. The quantitative estimate of drug-likeness (QED) is 0.802. The number of carbonyl (C=O) groups is 1. The molecule has 0 aliphatic carbocycles. The average molecular weight is 229 g/mol. The summed E-state index contributed by atoms with van der Waals surface area (Å²) in [5, 5.41) is 11.9. The molecule has 1 amide bonds. The highest BCUT2D eigenvalue weighted by Gasteiger charge is 2.39. The minimum atomic E-state index is -0.587. The Hall–Kier alpha value is -2.02. The zero-order valence-corrected chi connectivity index (χ0v) is 10.2. The Bertz CT molecular complexity index is 514. The van der Waals surface area contributed by atoms with Gasteiger partial charge in [-0.3, -0.25) is 4.79 Å². The lowest BCUT2D eigenvalue weighted by molar-refractivity contribution is -0.120. The number of nitrogens with one attached hydrogen (secondary N) is 1. The van der Waals surface area contributed by atoms with E-state index in [1.54, 1.807) is 6.07 Å². The lowest BCUT2D eigenvalue weighted by atomic mass is 9.95. The fraction of sp³-hybridized carbons (Fsp3) is 0.385. The molecular weight excluding hydrogens is 214 g/mol. The molecule has 0 spiro atoms. The Balaban J connectivity index is 2.65. The summed E-state index contributed by atoms with van der Waals surface area (Å²) in [6, 6.07) is 7.59. The van der Waals surface area contributed by atoms with Crippen molar-refractivity contribution < 1.29 is 4.79 Å². The van der Waals surface area contributed by atoms with Gasteiger partial charge in [-0.2, -0.15) is 5.26 Å².